The molecule has 2 aliphatic rings. The highest BCUT2D eigenvalue weighted by atomic mass is 32.2. The van der Waals surface area contributed by atoms with Crippen LogP contribution in [0.3, 0.4) is 0 Å². The first-order valence-corrected chi connectivity index (χ1v) is 13.7. The molecule has 1 aromatic carbocycles. The summed E-state index contributed by atoms with van der Waals surface area (Å²) in [6.07, 6.45) is 3.94. The number of nitrogens with zero attached hydrogens (tertiary/aromatic N) is 5. The largest absolute Gasteiger partial charge is 0.440 e. The summed E-state index contributed by atoms with van der Waals surface area (Å²) in [6, 6.07) is 13.8. The van der Waals surface area contributed by atoms with Crippen molar-refractivity contribution in [3.8, 4) is 22.0 Å². The topological polar surface area (TPSA) is 60.0 Å². The molecule has 0 radical (unpaired) electrons. The van der Waals surface area contributed by atoms with E-state index in [1.54, 1.807) is 11.8 Å². The number of piperidine rings is 1. The van der Waals surface area contributed by atoms with Gasteiger partial charge in [0.25, 0.3) is 0 Å². The number of likely N-dealkylation sites (tertiary alicyclic amines) is 1. The Hall–Kier alpha value is -2.42. The molecular weight excluding hydrogens is 462 g/mol. The lowest BCUT2D eigenvalue weighted by atomic mass is 9.93. The van der Waals surface area contributed by atoms with E-state index in [4.69, 9.17) is 4.42 Å². The molecule has 176 valence electrons. The Bertz CT molecular complexity index is 1320. The Morgan fingerprint density at radius 2 is 2.12 bits per heavy atom. The Balaban J connectivity index is 1.04. The van der Waals surface area contributed by atoms with E-state index in [0.717, 1.165) is 41.3 Å². The summed E-state index contributed by atoms with van der Waals surface area (Å²) in [5.41, 5.74) is 4.12. The summed E-state index contributed by atoms with van der Waals surface area (Å²) in [6.45, 7) is 7.66. The van der Waals surface area contributed by atoms with Crippen LogP contribution in [0.15, 0.2) is 52.4 Å². The number of aromatic nitrogens is 4. The summed E-state index contributed by atoms with van der Waals surface area (Å²) in [7, 11) is 1.99. The van der Waals surface area contributed by atoms with Crippen molar-refractivity contribution in [2.24, 2.45) is 13.0 Å². The fraction of sp³-hybridized carbons (Fsp3) is 0.423. The summed E-state index contributed by atoms with van der Waals surface area (Å²) < 4.78 is 7.48. The second-order valence-corrected chi connectivity index (χ2v) is 12.0. The number of benzene rings is 1. The van der Waals surface area contributed by atoms with Crippen LogP contribution in [0.2, 0.25) is 0 Å². The van der Waals surface area contributed by atoms with Crippen LogP contribution in [-0.4, -0.2) is 50.0 Å². The molecule has 6 nitrogen and oxygen atoms in total. The van der Waals surface area contributed by atoms with Gasteiger partial charge in [-0.3, -0.25) is 0 Å². The number of fused-ring (bicyclic) bond motifs is 1. The zero-order valence-electron chi connectivity index (χ0n) is 19.8. The zero-order chi connectivity index (χ0) is 23.3. The summed E-state index contributed by atoms with van der Waals surface area (Å²) >= 11 is 3.65. The zero-order valence-corrected chi connectivity index (χ0v) is 21.5. The molecule has 8 heteroatoms. The van der Waals surface area contributed by atoms with Crippen LogP contribution < -0.4 is 0 Å². The van der Waals surface area contributed by atoms with Crippen LogP contribution in [0.25, 0.3) is 22.0 Å². The molecule has 0 spiro atoms. The number of thioether (sulfide) groups is 1. The number of rotatable bonds is 8. The van der Waals surface area contributed by atoms with Crippen molar-refractivity contribution < 1.29 is 4.42 Å². The van der Waals surface area contributed by atoms with Crippen LogP contribution in [0.5, 0.6) is 0 Å². The van der Waals surface area contributed by atoms with Gasteiger partial charge in [-0.15, -0.1) is 21.5 Å². The number of hydrogen-bond acceptors (Lipinski definition) is 7. The van der Waals surface area contributed by atoms with E-state index in [1.165, 1.54) is 46.8 Å². The monoisotopic (exact) mass is 491 g/mol. The van der Waals surface area contributed by atoms with Crippen LogP contribution in [0, 0.1) is 19.8 Å². The van der Waals surface area contributed by atoms with E-state index in [0.29, 0.717) is 11.2 Å². The maximum absolute atomic E-state index is 5.48. The van der Waals surface area contributed by atoms with E-state index in [-0.39, 0.29) is 0 Å². The normalized spacial score (nSPS) is 21.8. The molecule has 4 aromatic rings. The number of hydrogen-bond donors (Lipinski definition) is 0. The molecular formula is C26H29N5OS2. The van der Waals surface area contributed by atoms with E-state index in [9.17, 15) is 0 Å². The van der Waals surface area contributed by atoms with Gasteiger partial charge in [0.2, 0.25) is 5.82 Å². The highest BCUT2D eigenvalue weighted by molar-refractivity contribution is 7.99. The Morgan fingerprint density at radius 1 is 1.21 bits per heavy atom. The van der Waals surface area contributed by atoms with Crippen molar-refractivity contribution in [2.45, 2.75) is 37.3 Å². The quantitative estimate of drug-likeness (QED) is 0.237. The first kappa shape index (κ1) is 22.1. The summed E-state index contributed by atoms with van der Waals surface area (Å²) in [5, 5.41) is 9.60. The third-order valence-electron chi connectivity index (χ3n) is 7.31. The van der Waals surface area contributed by atoms with Crippen molar-refractivity contribution >= 4 is 23.1 Å². The van der Waals surface area contributed by atoms with Crippen LogP contribution >= 0.6 is 23.1 Å². The summed E-state index contributed by atoms with van der Waals surface area (Å²) in [5.74, 6) is 3.27. The van der Waals surface area contributed by atoms with E-state index < -0.39 is 0 Å². The first-order chi connectivity index (χ1) is 16.5. The van der Waals surface area contributed by atoms with Gasteiger partial charge < -0.3 is 13.9 Å². The predicted octanol–water partition coefficient (Wildman–Crippen LogP) is 5.57. The third kappa shape index (κ3) is 3.91. The van der Waals surface area contributed by atoms with Gasteiger partial charge in [0, 0.05) is 41.1 Å². The van der Waals surface area contributed by atoms with Crippen LogP contribution in [-0.2, 0) is 12.5 Å². The fourth-order valence-electron chi connectivity index (χ4n) is 5.38. The molecule has 2 atom stereocenters. The molecule has 1 aliphatic carbocycles. The number of thiophene rings is 1. The smallest absolute Gasteiger partial charge is 0.202 e. The molecule has 2 fully saturated rings. The van der Waals surface area contributed by atoms with Gasteiger partial charge in [-0.25, -0.2) is 4.98 Å². The highest BCUT2D eigenvalue weighted by Gasteiger charge is 2.60. The molecule has 0 bridgehead atoms. The molecule has 3 aromatic heterocycles. The Labute approximate surface area is 208 Å². The Morgan fingerprint density at radius 3 is 2.91 bits per heavy atom. The van der Waals surface area contributed by atoms with Gasteiger partial charge in [-0.1, -0.05) is 30.0 Å². The molecule has 1 saturated heterocycles. The van der Waals surface area contributed by atoms with Gasteiger partial charge in [0.05, 0.1) is 5.69 Å². The van der Waals surface area contributed by atoms with Crippen molar-refractivity contribution in [3.63, 3.8) is 0 Å². The predicted molar refractivity (Wildman–Crippen MR) is 137 cm³/mol. The van der Waals surface area contributed by atoms with Crippen LogP contribution in [0.1, 0.15) is 29.0 Å². The van der Waals surface area contributed by atoms with Crippen molar-refractivity contribution in [3.05, 3.63) is 58.9 Å². The third-order valence-corrected chi connectivity index (χ3v) is 9.47. The van der Waals surface area contributed by atoms with Gasteiger partial charge in [0.15, 0.2) is 17.3 Å². The van der Waals surface area contributed by atoms with Gasteiger partial charge in [-0.2, -0.15) is 0 Å². The fourth-order valence-corrected chi connectivity index (χ4v) is 7.08. The lowest BCUT2D eigenvalue weighted by Crippen LogP contribution is -2.27. The van der Waals surface area contributed by atoms with Gasteiger partial charge in [0.1, 0.15) is 0 Å². The van der Waals surface area contributed by atoms with Crippen molar-refractivity contribution in [1.82, 2.24) is 24.6 Å². The molecule has 34 heavy (non-hydrogen) atoms. The number of aryl methyl sites for hydroxylation is 2. The molecule has 1 unspecified atom stereocenters. The average Bonchev–Trinajstić information content (AvgIpc) is 3.31. The molecule has 4 heterocycles. The van der Waals surface area contributed by atoms with Crippen molar-refractivity contribution in [1.29, 1.82) is 0 Å². The van der Waals surface area contributed by atoms with Gasteiger partial charge >= 0.3 is 0 Å². The second kappa shape index (κ2) is 8.66. The maximum atomic E-state index is 5.48. The van der Waals surface area contributed by atoms with Crippen LogP contribution in [0.4, 0.5) is 0 Å². The Kier molecular flexibility index (Phi) is 5.62. The maximum Gasteiger partial charge on any atom is 0.202 e. The molecule has 6 rings (SSSR count). The molecule has 1 saturated carbocycles. The summed E-state index contributed by atoms with van der Waals surface area (Å²) in [4.78, 5) is 9.58. The number of oxazole rings is 1. The van der Waals surface area contributed by atoms with E-state index in [2.05, 4.69) is 63.4 Å². The molecule has 0 N–H and O–H groups in total. The SMILES string of the molecule is Cc1ccc(-c2cccc(C34C[C@@H]3CN(CCCSc3nnc(-c5ocnc5C)n3C)C4)c2)s1. The standard InChI is InChI=1S/C26H29N5OS2/c1-17-8-9-22(34-17)19-6-4-7-20(12-19)26-13-21(26)14-31(15-26)10-5-11-33-25-29-28-24(30(25)3)23-18(2)27-16-32-23/h4,6-9,12,16,21H,5,10-11,13-15H2,1-3H3/t21-,26?/m1/s1. The molecule has 0 amide bonds. The second-order valence-electron chi connectivity index (χ2n) is 9.62. The average molecular weight is 492 g/mol. The molecule has 1 aliphatic heterocycles. The van der Waals surface area contributed by atoms with Gasteiger partial charge in [-0.05, 0) is 68.5 Å². The first-order valence-electron chi connectivity index (χ1n) is 11.9. The minimum absolute atomic E-state index is 0.378. The van der Waals surface area contributed by atoms with E-state index in [1.807, 2.05) is 29.9 Å². The van der Waals surface area contributed by atoms with E-state index >= 15 is 0 Å². The van der Waals surface area contributed by atoms with Crippen molar-refractivity contribution in [2.75, 3.05) is 25.4 Å². The lowest BCUT2D eigenvalue weighted by molar-refractivity contribution is 0.299. The minimum Gasteiger partial charge on any atom is -0.440 e. The minimum atomic E-state index is 0.378. The highest BCUT2D eigenvalue weighted by Crippen LogP contribution is 2.59. The lowest BCUT2D eigenvalue weighted by Gasteiger charge is -2.21.